The number of fused-ring (bicyclic) bond motifs is 1. The predicted molar refractivity (Wildman–Crippen MR) is 105 cm³/mol. The number of esters is 1. The van der Waals surface area contributed by atoms with Crippen LogP contribution in [0.25, 0.3) is 0 Å². The number of anilines is 2. The van der Waals surface area contributed by atoms with Crippen molar-refractivity contribution in [3.05, 3.63) is 53.1 Å². The van der Waals surface area contributed by atoms with Gasteiger partial charge in [-0.15, -0.1) is 11.8 Å². The van der Waals surface area contributed by atoms with Gasteiger partial charge >= 0.3 is 5.97 Å². The second-order valence-electron chi connectivity index (χ2n) is 5.87. The molecule has 0 saturated heterocycles. The summed E-state index contributed by atoms with van der Waals surface area (Å²) in [4.78, 5) is 37.2. The first-order chi connectivity index (χ1) is 12.9. The fourth-order valence-corrected chi connectivity index (χ4v) is 3.55. The molecule has 0 fully saturated rings. The molecule has 0 radical (unpaired) electrons. The zero-order valence-electron chi connectivity index (χ0n) is 14.5. The smallest absolute Gasteiger partial charge is 0.338 e. The maximum absolute atomic E-state index is 12.4. The minimum Gasteiger partial charge on any atom is -0.449 e. The average Bonchev–Trinajstić information content (AvgIpc) is 2.83. The number of hydrogen-bond acceptors (Lipinski definition) is 5. The van der Waals surface area contributed by atoms with Crippen molar-refractivity contribution < 1.29 is 19.1 Å². The van der Waals surface area contributed by atoms with Gasteiger partial charge in [-0.3, -0.25) is 9.59 Å². The Hall–Kier alpha value is -2.51. The summed E-state index contributed by atoms with van der Waals surface area (Å²) in [5, 5.41) is 5.79. The van der Waals surface area contributed by atoms with Gasteiger partial charge in [-0.25, -0.2) is 4.79 Å². The molecular weight excluding hydrogens is 388 g/mol. The number of nitrogens with one attached hydrogen (secondary N) is 2. The molecule has 140 valence electrons. The first-order valence-electron chi connectivity index (χ1n) is 8.27. The number of para-hydroxylation sites is 1. The first kappa shape index (κ1) is 19.3. The molecule has 0 unspecified atom stereocenters. The summed E-state index contributed by atoms with van der Waals surface area (Å²) < 4.78 is 5.25. The van der Waals surface area contributed by atoms with Crippen molar-refractivity contribution in [2.75, 3.05) is 16.4 Å². The molecular formula is C19H17ClN2O4S. The van der Waals surface area contributed by atoms with Gasteiger partial charge in [0, 0.05) is 17.1 Å². The molecule has 2 N–H and O–H groups in total. The fraction of sp³-hybridized carbons (Fsp3) is 0.211. The Kier molecular flexibility index (Phi) is 6.03. The van der Waals surface area contributed by atoms with Crippen LogP contribution in [0.4, 0.5) is 11.4 Å². The Morgan fingerprint density at radius 2 is 2.04 bits per heavy atom. The number of halogens is 1. The quantitative estimate of drug-likeness (QED) is 0.753. The molecule has 0 saturated carbocycles. The highest BCUT2D eigenvalue weighted by molar-refractivity contribution is 7.99. The number of ether oxygens (including phenoxy) is 1. The van der Waals surface area contributed by atoms with Gasteiger partial charge in [0.2, 0.25) is 5.91 Å². The predicted octanol–water partition coefficient (Wildman–Crippen LogP) is 3.96. The van der Waals surface area contributed by atoms with Gasteiger partial charge in [0.05, 0.1) is 22.0 Å². The first-order valence-corrected chi connectivity index (χ1v) is 9.63. The van der Waals surface area contributed by atoms with Crippen LogP contribution in [0.3, 0.4) is 0 Å². The molecule has 0 spiro atoms. The summed E-state index contributed by atoms with van der Waals surface area (Å²) in [5.74, 6) is -0.556. The molecule has 1 heterocycles. The van der Waals surface area contributed by atoms with Crippen molar-refractivity contribution in [1.82, 2.24) is 0 Å². The average molecular weight is 405 g/mol. The van der Waals surface area contributed by atoms with E-state index in [2.05, 4.69) is 10.6 Å². The Morgan fingerprint density at radius 3 is 2.81 bits per heavy atom. The van der Waals surface area contributed by atoms with E-state index in [0.717, 1.165) is 4.90 Å². The molecule has 2 aromatic rings. The fourth-order valence-electron chi connectivity index (χ4n) is 2.43. The molecule has 1 aliphatic heterocycles. The van der Waals surface area contributed by atoms with Crippen LogP contribution in [0.2, 0.25) is 5.02 Å². The highest BCUT2D eigenvalue weighted by Crippen LogP contribution is 2.31. The van der Waals surface area contributed by atoms with Crippen molar-refractivity contribution in [3.63, 3.8) is 0 Å². The summed E-state index contributed by atoms with van der Waals surface area (Å²) in [6, 6.07) is 11.7. The lowest BCUT2D eigenvalue weighted by atomic mass is 10.2. The Bertz CT molecular complexity index is 903. The van der Waals surface area contributed by atoms with Crippen LogP contribution in [0.15, 0.2) is 47.4 Å². The maximum Gasteiger partial charge on any atom is 0.338 e. The van der Waals surface area contributed by atoms with Crippen LogP contribution < -0.4 is 10.6 Å². The molecule has 0 bridgehead atoms. The Balaban J connectivity index is 1.67. The standard InChI is InChI=1S/C19H17ClN2O4S/c1-11(18(24)22-14-5-3-2-4-13(14)20)26-19(25)12-6-7-16-15(10-12)21-17(23)8-9-27-16/h2-7,10-11H,8-9H2,1H3,(H,21,23)(H,22,24)/t11-/m1/s1. The van der Waals surface area contributed by atoms with Crippen LogP contribution in [-0.4, -0.2) is 29.6 Å². The van der Waals surface area contributed by atoms with Gasteiger partial charge in [0.15, 0.2) is 6.10 Å². The zero-order chi connectivity index (χ0) is 19.4. The van der Waals surface area contributed by atoms with Crippen molar-refractivity contribution in [2.45, 2.75) is 24.3 Å². The molecule has 3 rings (SSSR count). The van der Waals surface area contributed by atoms with Gasteiger partial charge < -0.3 is 15.4 Å². The van der Waals surface area contributed by atoms with Crippen LogP contribution in [0.5, 0.6) is 0 Å². The largest absolute Gasteiger partial charge is 0.449 e. The summed E-state index contributed by atoms with van der Waals surface area (Å²) in [7, 11) is 0. The van der Waals surface area contributed by atoms with E-state index in [1.165, 1.54) is 6.92 Å². The van der Waals surface area contributed by atoms with E-state index in [1.54, 1.807) is 54.2 Å². The topological polar surface area (TPSA) is 84.5 Å². The Labute approximate surface area is 165 Å². The Morgan fingerprint density at radius 1 is 1.26 bits per heavy atom. The molecule has 2 aromatic carbocycles. The summed E-state index contributed by atoms with van der Waals surface area (Å²) in [6.07, 6.45) is -0.602. The minimum atomic E-state index is -1.02. The number of hydrogen-bond donors (Lipinski definition) is 2. The third kappa shape index (κ3) is 4.81. The number of carbonyl (C=O) groups excluding carboxylic acids is 3. The van der Waals surface area contributed by atoms with E-state index < -0.39 is 18.0 Å². The van der Waals surface area contributed by atoms with Crippen molar-refractivity contribution in [2.24, 2.45) is 0 Å². The molecule has 1 atom stereocenters. The summed E-state index contributed by atoms with van der Waals surface area (Å²) in [6.45, 7) is 1.48. The van der Waals surface area contributed by atoms with E-state index in [9.17, 15) is 14.4 Å². The number of thioether (sulfide) groups is 1. The number of carbonyl (C=O) groups is 3. The molecule has 27 heavy (non-hydrogen) atoms. The maximum atomic E-state index is 12.4. The molecule has 6 nitrogen and oxygen atoms in total. The van der Waals surface area contributed by atoms with Crippen LogP contribution in [0, 0.1) is 0 Å². The lowest BCUT2D eigenvalue weighted by molar-refractivity contribution is -0.123. The van der Waals surface area contributed by atoms with Crippen LogP contribution >= 0.6 is 23.4 Å². The molecule has 0 aromatic heterocycles. The molecule has 0 aliphatic carbocycles. The highest BCUT2D eigenvalue weighted by atomic mass is 35.5. The number of amides is 2. The second-order valence-corrected chi connectivity index (χ2v) is 7.42. The monoisotopic (exact) mass is 404 g/mol. The number of rotatable bonds is 4. The van der Waals surface area contributed by atoms with E-state index in [4.69, 9.17) is 16.3 Å². The van der Waals surface area contributed by atoms with Gasteiger partial charge in [0.25, 0.3) is 5.91 Å². The van der Waals surface area contributed by atoms with E-state index in [1.807, 2.05) is 0 Å². The van der Waals surface area contributed by atoms with Gasteiger partial charge in [0.1, 0.15) is 0 Å². The van der Waals surface area contributed by atoms with Gasteiger partial charge in [-0.05, 0) is 37.3 Å². The summed E-state index contributed by atoms with van der Waals surface area (Å²) >= 11 is 7.55. The SMILES string of the molecule is C[C@@H](OC(=O)c1ccc2c(c1)NC(=O)CCS2)C(=O)Nc1ccccc1Cl. The van der Waals surface area contributed by atoms with E-state index in [-0.39, 0.29) is 11.5 Å². The van der Waals surface area contributed by atoms with Crippen molar-refractivity contribution in [1.29, 1.82) is 0 Å². The summed E-state index contributed by atoms with van der Waals surface area (Å²) in [5.41, 5.74) is 1.27. The number of benzene rings is 2. The highest BCUT2D eigenvalue weighted by Gasteiger charge is 2.21. The third-order valence-corrected chi connectivity index (χ3v) is 5.27. The normalized spacial score (nSPS) is 14.4. The van der Waals surface area contributed by atoms with E-state index in [0.29, 0.717) is 28.6 Å². The zero-order valence-corrected chi connectivity index (χ0v) is 16.0. The lowest BCUT2D eigenvalue weighted by Gasteiger charge is -2.15. The molecule has 2 amide bonds. The molecule has 8 heteroatoms. The second kappa shape index (κ2) is 8.45. The van der Waals surface area contributed by atoms with Crippen LogP contribution in [-0.2, 0) is 14.3 Å². The van der Waals surface area contributed by atoms with E-state index >= 15 is 0 Å². The van der Waals surface area contributed by atoms with Gasteiger partial charge in [-0.2, -0.15) is 0 Å². The minimum absolute atomic E-state index is 0.0979. The van der Waals surface area contributed by atoms with Crippen molar-refractivity contribution >= 4 is 52.5 Å². The third-order valence-electron chi connectivity index (χ3n) is 3.86. The van der Waals surface area contributed by atoms with Crippen molar-refractivity contribution in [3.8, 4) is 0 Å². The lowest BCUT2D eigenvalue weighted by Crippen LogP contribution is -2.30. The molecule has 1 aliphatic rings. The van der Waals surface area contributed by atoms with Gasteiger partial charge in [-0.1, -0.05) is 23.7 Å². The van der Waals surface area contributed by atoms with Crippen LogP contribution in [0.1, 0.15) is 23.7 Å².